The molecule has 3 aromatic heterocycles. The molecule has 5 heterocycles. The van der Waals surface area contributed by atoms with E-state index in [2.05, 4.69) is 30.8 Å². The van der Waals surface area contributed by atoms with Crippen LogP contribution < -0.4 is 56.2 Å². The minimum atomic E-state index is -1.58. The molecule has 20 heteroatoms. The van der Waals surface area contributed by atoms with Gasteiger partial charge in [-0.1, -0.05) is 11.8 Å². The van der Waals surface area contributed by atoms with Crippen molar-refractivity contribution in [2.75, 3.05) is 16.4 Å². The van der Waals surface area contributed by atoms with Crippen LogP contribution >= 0.6 is 23.5 Å². The molecule has 3 aromatic rings. The van der Waals surface area contributed by atoms with E-state index >= 15 is 0 Å². The summed E-state index contributed by atoms with van der Waals surface area (Å²) in [5, 5.41) is 25.5. The van der Waals surface area contributed by atoms with Crippen molar-refractivity contribution in [3.05, 3.63) is 57.8 Å². The Labute approximate surface area is 278 Å². The number of β-lactam (4-membered cyclic amide) rings is 1. The summed E-state index contributed by atoms with van der Waals surface area (Å²) < 4.78 is 6.85. The molecular formula is C24H23N10NaO7S2. The standard InChI is InChI=1S/C24H24N10O7S2.Na/c1-32-24(29-30-31-32)43-9-11-8-42-21-14(20(37)34(21)15(11)22(38)39)27-19(36)16(13-3-2-6-41-13)33(23(25)40)12-7-26-17(10-4-5-10)28-18(12)35;/h2-3,6-7,10,14,16,21H,4-5,8-9H2,1H3,(H2,25,40)(H,27,36)(H,38,39)(H,26,28,35);/q;+1/p-1/t14?,16?,21-;/m0./s1. The second-order valence-corrected chi connectivity index (χ2v) is 11.9. The Morgan fingerprint density at radius 1 is 1.34 bits per heavy atom. The number of carboxylic acid groups (broad SMARTS) is 1. The summed E-state index contributed by atoms with van der Waals surface area (Å²) in [4.78, 5) is 73.4. The summed E-state index contributed by atoms with van der Waals surface area (Å²) >= 11 is 2.44. The van der Waals surface area contributed by atoms with E-state index in [4.69, 9.17) is 10.2 Å². The number of aromatic amines is 1. The average Bonchev–Trinajstić information content (AvgIpc) is 3.53. The summed E-state index contributed by atoms with van der Waals surface area (Å²) in [6, 6.07) is -0.975. The summed E-state index contributed by atoms with van der Waals surface area (Å²) in [6.07, 6.45) is 4.19. The van der Waals surface area contributed by atoms with Crippen molar-refractivity contribution in [1.29, 1.82) is 0 Å². The fourth-order valence-electron chi connectivity index (χ4n) is 4.85. The molecule has 2 fully saturated rings. The maximum absolute atomic E-state index is 13.7. The summed E-state index contributed by atoms with van der Waals surface area (Å²) in [6.45, 7) is 0. The molecule has 1 saturated heterocycles. The van der Waals surface area contributed by atoms with Crippen molar-refractivity contribution in [2.24, 2.45) is 12.8 Å². The Hall–Kier alpha value is -3.65. The van der Waals surface area contributed by atoms with Crippen LogP contribution in [-0.2, 0) is 21.4 Å². The van der Waals surface area contributed by atoms with Gasteiger partial charge in [0.1, 0.15) is 28.7 Å². The maximum Gasteiger partial charge on any atom is 1.00 e. The van der Waals surface area contributed by atoms with Crippen LogP contribution in [0.3, 0.4) is 0 Å². The van der Waals surface area contributed by atoms with Crippen molar-refractivity contribution >= 4 is 53.0 Å². The van der Waals surface area contributed by atoms with E-state index in [0.717, 1.165) is 22.6 Å². The molecule has 0 radical (unpaired) electrons. The molecule has 0 spiro atoms. The molecule has 0 aromatic carbocycles. The number of nitrogens with one attached hydrogen (secondary N) is 2. The second kappa shape index (κ2) is 12.8. The predicted octanol–water partition coefficient (Wildman–Crippen LogP) is -4.41. The van der Waals surface area contributed by atoms with E-state index in [1.807, 2.05) is 0 Å². The zero-order valence-electron chi connectivity index (χ0n) is 23.3. The fourth-order valence-corrected chi connectivity index (χ4v) is 7.19. The molecule has 3 atom stereocenters. The van der Waals surface area contributed by atoms with Gasteiger partial charge in [-0.2, -0.15) is 0 Å². The first-order valence-electron chi connectivity index (χ1n) is 12.9. The molecular weight excluding hydrogens is 627 g/mol. The number of aryl methyl sites for hydroxylation is 1. The summed E-state index contributed by atoms with van der Waals surface area (Å²) in [5.41, 5.74) is 4.84. The summed E-state index contributed by atoms with van der Waals surface area (Å²) in [7, 11) is 1.64. The van der Waals surface area contributed by atoms with Gasteiger partial charge < -0.3 is 30.4 Å². The van der Waals surface area contributed by atoms with Crippen molar-refractivity contribution in [1.82, 2.24) is 40.4 Å². The van der Waals surface area contributed by atoms with Crippen LogP contribution in [0.4, 0.5) is 10.5 Å². The van der Waals surface area contributed by atoms with Crippen LogP contribution in [-0.4, -0.2) is 81.8 Å². The molecule has 17 nitrogen and oxygen atoms in total. The molecule has 2 unspecified atom stereocenters. The molecule has 6 rings (SSSR count). The number of amides is 4. The number of furan rings is 1. The van der Waals surface area contributed by atoms with Crippen LogP contribution in [0.25, 0.3) is 0 Å². The van der Waals surface area contributed by atoms with Gasteiger partial charge in [0.25, 0.3) is 17.4 Å². The van der Waals surface area contributed by atoms with E-state index in [0.29, 0.717) is 16.6 Å². The third kappa shape index (κ3) is 5.88. The molecule has 44 heavy (non-hydrogen) atoms. The maximum atomic E-state index is 13.7. The van der Waals surface area contributed by atoms with Crippen LogP contribution in [0.1, 0.15) is 36.4 Å². The number of carbonyl (C=O) groups excluding carboxylic acids is 4. The van der Waals surface area contributed by atoms with Gasteiger partial charge in [-0.3, -0.25) is 24.2 Å². The second-order valence-electron chi connectivity index (χ2n) is 9.89. The van der Waals surface area contributed by atoms with Crippen LogP contribution in [0.5, 0.6) is 0 Å². The molecule has 224 valence electrons. The Bertz CT molecular complexity index is 1710. The Kier molecular flexibility index (Phi) is 9.21. The van der Waals surface area contributed by atoms with E-state index < -0.39 is 46.8 Å². The van der Waals surface area contributed by atoms with Gasteiger partial charge in [0.05, 0.1) is 24.1 Å². The first-order valence-corrected chi connectivity index (χ1v) is 14.9. The van der Waals surface area contributed by atoms with Gasteiger partial charge in [0, 0.05) is 24.5 Å². The third-order valence-corrected chi connectivity index (χ3v) is 9.51. The minimum absolute atomic E-state index is 0. The molecule has 1 saturated carbocycles. The number of thioether (sulfide) groups is 2. The van der Waals surface area contributed by atoms with Gasteiger partial charge in [-0.25, -0.2) is 14.5 Å². The van der Waals surface area contributed by atoms with Crippen molar-refractivity contribution < 1.29 is 58.3 Å². The van der Waals surface area contributed by atoms with Crippen molar-refractivity contribution in [2.45, 2.75) is 41.4 Å². The first kappa shape index (κ1) is 31.8. The number of aromatic nitrogens is 6. The number of urea groups is 1. The van der Waals surface area contributed by atoms with Gasteiger partial charge in [-0.15, -0.1) is 16.9 Å². The van der Waals surface area contributed by atoms with Crippen molar-refractivity contribution in [3.63, 3.8) is 0 Å². The normalized spacial score (nSPS) is 19.8. The molecule has 2 aliphatic heterocycles. The van der Waals surface area contributed by atoms with E-state index in [9.17, 15) is 29.1 Å². The number of aliphatic carboxylic acids is 1. The smallest absolute Gasteiger partial charge is 0.543 e. The molecule has 0 bridgehead atoms. The molecule has 1 aliphatic carbocycles. The number of nitrogens with zero attached hydrogens (tertiary/aromatic N) is 7. The first-order chi connectivity index (χ1) is 20.7. The minimum Gasteiger partial charge on any atom is -0.543 e. The molecule has 4 amide bonds. The number of hydrogen-bond donors (Lipinski definition) is 3. The Balaban J connectivity index is 0.00000384. The zero-order chi connectivity index (χ0) is 30.4. The number of H-pyrrole nitrogens is 1. The van der Waals surface area contributed by atoms with Crippen LogP contribution in [0, 0.1) is 0 Å². The number of carboxylic acids is 1. The largest absolute Gasteiger partial charge is 1.00 e. The zero-order valence-corrected chi connectivity index (χ0v) is 27.0. The van der Waals surface area contributed by atoms with E-state index in [1.165, 1.54) is 52.8 Å². The van der Waals surface area contributed by atoms with Gasteiger partial charge in [0.2, 0.25) is 5.16 Å². The SMILES string of the molecule is Cn1nnnc1SCC1=C(C(=O)[O-])N2C(=O)C(NC(=O)C(c3ccco3)N(C(N)=O)c3cnc(C4CC4)[nH]c3=O)[C@@H]2SC1.[Na+]. The Morgan fingerprint density at radius 2 is 2.11 bits per heavy atom. The number of carbonyl (C=O) groups is 4. The van der Waals surface area contributed by atoms with Crippen LogP contribution in [0.15, 0.2) is 50.2 Å². The molecule has 4 N–H and O–H groups in total. The van der Waals surface area contributed by atoms with Crippen molar-refractivity contribution in [3.8, 4) is 0 Å². The fraction of sp³-hybridized carbons (Fsp3) is 0.375. The average molecular weight is 651 g/mol. The number of fused-ring (bicyclic) bond motifs is 1. The van der Waals surface area contributed by atoms with Gasteiger partial charge in [0.15, 0.2) is 6.04 Å². The third-order valence-electron chi connectivity index (χ3n) is 7.08. The van der Waals surface area contributed by atoms with Gasteiger partial charge >= 0.3 is 35.6 Å². The Morgan fingerprint density at radius 3 is 2.70 bits per heavy atom. The van der Waals surface area contributed by atoms with E-state index in [1.54, 1.807) is 7.05 Å². The number of nitrogens with two attached hydrogens (primary N) is 1. The predicted molar refractivity (Wildman–Crippen MR) is 147 cm³/mol. The van der Waals surface area contributed by atoms with E-state index in [-0.39, 0.29) is 64.1 Å². The monoisotopic (exact) mass is 650 g/mol. The number of primary amides is 1. The number of hydrogen-bond acceptors (Lipinski definition) is 13. The molecule has 3 aliphatic rings. The van der Waals surface area contributed by atoms with Crippen LogP contribution in [0.2, 0.25) is 0 Å². The topological polar surface area (TPSA) is 238 Å². The summed E-state index contributed by atoms with van der Waals surface area (Å²) in [5.74, 6) is -2.14. The number of anilines is 1. The van der Waals surface area contributed by atoms with Gasteiger partial charge in [-0.05, 0) is 41.0 Å². The number of tetrazole rings is 1. The number of rotatable bonds is 10. The quantitative estimate of drug-likeness (QED) is 0.107.